The number of amides is 1. The molecule has 2 aromatic rings. The lowest BCUT2D eigenvalue weighted by Gasteiger charge is -2.17. The Kier molecular flexibility index (Phi) is 7.30. The Morgan fingerprint density at radius 2 is 1.90 bits per heavy atom. The van der Waals surface area contributed by atoms with Crippen LogP contribution in [0.5, 0.6) is 0 Å². The molecule has 0 aliphatic heterocycles. The highest BCUT2D eigenvalue weighted by atomic mass is 35.5. The molecule has 0 unspecified atom stereocenters. The van der Waals surface area contributed by atoms with Gasteiger partial charge in [0.15, 0.2) is 5.69 Å². The lowest BCUT2D eigenvalue weighted by atomic mass is 10.2. The third-order valence-electron chi connectivity index (χ3n) is 4.05. The van der Waals surface area contributed by atoms with Gasteiger partial charge in [0.2, 0.25) is 10.0 Å². The molecule has 1 aromatic heterocycles. The average Bonchev–Trinajstić information content (AvgIpc) is 3.06. The molecule has 1 amide bonds. The van der Waals surface area contributed by atoms with Crippen LogP contribution in [0.1, 0.15) is 29.4 Å². The first-order chi connectivity index (χ1) is 13.4. The molecule has 160 valence electrons. The van der Waals surface area contributed by atoms with Gasteiger partial charge >= 0.3 is 6.18 Å². The summed E-state index contributed by atoms with van der Waals surface area (Å²) in [6.07, 6.45) is -2.66. The predicted molar refractivity (Wildman–Crippen MR) is 103 cm³/mol. The summed E-state index contributed by atoms with van der Waals surface area (Å²) < 4.78 is 65.7. The second-order valence-corrected chi connectivity index (χ2v) is 8.58. The summed E-state index contributed by atoms with van der Waals surface area (Å²) in [6, 6.07) is 5.55. The Bertz CT molecular complexity index is 959. The molecule has 7 nitrogen and oxygen atoms in total. The van der Waals surface area contributed by atoms with E-state index in [0.29, 0.717) is 9.70 Å². The second kappa shape index (κ2) is 9.14. The average molecular weight is 453 g/mol. The maximum absolute atomic E-state index is 13.6. The number of aromatic nitrogens is 2. The smallest absolute Gasteiger partial charge is 0.352 e. The summed E-state index contributed by atoms with van der Waals surface area (Å²) in [4.78, 5) is 12.3. The molecule has 29 heavy (non-hydrogen) atoms. The first-order valence-corrected chi connectivity index (χ1v) is 10.8. The number of rotatable bonds is 8. The predicted octanol–water partition coefficient (Wildman–Crippen LogP) is 2.95. The Hall–Kier alpha value is -2.11. The molecule has 1 heterocycles. The van der Waals surface area contributed by atoms with Crippen molar-refractivity contribution in [2.24, 2.45) is 0 Å². The van der Waals surface area contributed by atoms with Crippen LogP contribution in [-0.2, 0) is 16.2 Å². The number of hydrogen-bond acceptors (Lipinski definition) is 4. The van der Waals surface area contributed by atoms with E-state index in [2.05, 4.69) is 10.4 Å². The van der Waals surface area contributed by atoms with E-state index in [9.17, 15) is 26.4 Å². The summed E-state index contributed by atoms with van der Waals surface area (Å²) in [5, 5.41) is 6.44. The van der Waals surface area contributed by atoms with Crippen molar-refractivity contribution in [1.29, 1.82) is 0 Å². The normalized spacial score (nSPS) is 12.4. The molecule has 1 N–H and O–H groups in total. The minimum Gasteiger partial charge on any atom is -0.352 e. The summed E-state index contributed by atoms with van der Waals surface area (Å²) >= 11 is 5.76. The van der Waals surface area contributed by atoms with Crippen molar-refractivity contribution in [2.75, 3.05) is 25.9 Å². The zero-order valence-corrected chi connectivity index (χ0v) is 17.3. The van der Waals surface area contributed by atoms with Gasteiger partial charge in [0.25, 0.3) is 5.91 Å². The Labute approximate surface area is 171 Å². The third-order valence-corrected chi connectivity index (χ3v) is 5.68. The zero-order chi connectivity index (χ0) is 21.8. The molecule has 0 radical (unpaired) electrons. The van der Waals surface area contributed by atoms with Crippen LogP contribution in [0.25, 0.3) is 5.69 Å². The SMILES string of the molecule is CCN(CCCNC(=O)c1cnn(-c2ccc(Cl)cc2)c1C(F)(F)F)S(C)(=O)=O. The van der Waals surface area contributed by atoms with E-state index in [1.807, 2.05) is 0 Å². The number of nitrogens with one attached hydrogen (secondary N) is 1. The highest BCUT2D eigenvalue weighted by Gasteiger charge is 2.40. The molecule has 0 atom stereocenters. The van der Waals surface area contributed by atoms with Crippen LogP contribution in [-0.4, -0.2) is 54.3 Å². The molecule has 0 aliphatic rings. The number of alkyl halides is 3. The molecule has 0 aliphatic carbocycles. The Balaban J connectivity index is 2.15. The fourth-order valence-electron chi connectivity index (χ4n) is 2.68. The molecular weight excluding hydrogens is 433 g/mol. The number of carbonyl (C=O) groups excluding carboxylic acids is 1. The van der Waals surface area contributed by atoms with Crippen molar-refractivity contribution >= 4 is 27.5 Å². The van der Waals surface area contributed by atoms with Crippen LogP contribution in [0.2, 0.25) is 5.02 Å². The highest BCUT2D eigenvalue weighted by Crippen LogP contribution is 2.33. The minimum absolute atomic E-state index is 0.00821. The van der Waals surface area contributed by atoms with Gasteiger partial charge in [-0.1, -0.05) is 18.5 Å². The number of nitrogens with zero attached hydrogens (tertiary/aromatic N) is 3. The maximum atomic E-state index is 13.6. The first kappa shape index (κ1) is 23.2. The van der Waals surface area contributed by atoms with E-state index in [1.165, 1.54) is 28.6 Å². The molecule has 2 rings (SSSR count). The van der Waals surface area contributed by atoms with Crippen molar-refractivity contribution in [2.45, 2.75) is 19.5 Å². The Morgan fingerprint density at radius 1 is 1.28 bits per heavy atom. The summed E-state index contributed by atoms with van der Waals surface area (Å²) in [6.45, 7) is 2.08. The van der Waals surface area contributed by atoms with E-state index < -0.39 is 33.4 Å². The molecule has 0 fully saturated rings. The molecule has 1 aromatic carbocycles. The van der Waals surface area contributed by atoms with Crippen molar-refractivity contribution in [3.63, 3.8) is 0 Å². The van der Waals surface area contributed by atoms with Gasteiger partial charge in [-0.25, -0.2) is 17.4 Å². The summed E-state index contributed by atoms with van der Waals surface area (Å²) in [7, 11) is -3.38. The number of benzene rings is 1. The molecule has 0 saturated carbocycles. The molecular formula is C17H20ClF3N4O3S. The van der Waals surface area contributed by atoms with Crippen molar-refractivity contribution in [3.05, 3.63) is 46.7 Å². The van der Waals surface area contributed by atoms with Gasteiger partial charge in [0.05, 0.1) is 23.7 Å². The van der Waals surface area contributed by atoms with Crippen LogP contribution >= 0.6 is 11.6 Å². The first-order valence-electron chi connectivity index (χ1n) is 8.59. The van der Waals surface area contributed by atoms with Gasteiger partial charge in [-0.3, -0.25) is 4.79 Å². The van der Waals surface area contributed by atoms with Crippen molar-refractivity contribution < 1.29 is 26.4 Å². The summed E-state index contributed by atoms with van der Waals surface area (Å²) in [5.41, 5.74) is -1.72. The lowest BCUT2D eigenvalue weighted by Crippen LogP contribution is -2.34. The van der Waals surface area contributed by atoms with Gasteiger partial charge < -0.3 is 5.32 Å². The standard InChI is InChI=1S/C17H20ClF3N4O3S/c1-3-24(29(2,27)28)10-4-9-22-16(26)14-11-23-25(15(14)17(19,20)21)13-7-5-12(18)6-8-13/h5-8,11H,3-4,9-10H2,1-2H3,(H,22,26). The fourth-order valence-corrected chi connectivity index (χ4v) is 3.73. The highest BCUT2D eigenvalue weighted by molar-refractivity contribution is 7.88. The van der Waals surface area contributed by atoms with Crippen LogP contribution in [0.15, 0.2) is 30.5 Å². The maximum Gasteiger partial charge on any atom is 0.434 e. The number of carbonyl (C=O) groups is 1. The van der Waals surface area contributed by atoms with Gasteiger partial charge in [-0.15, -0.1) is 0 Å². The van der Waals surface area contributed by atoms with Gasteiger partial charge in [0, 0.05) is 24.7 Å². The fraction of sp³-hybridized carbons (Fsp3) is 0.412. The largest absolute Gasteiger partial charge is 0.434 e. The monoisotopic (exact) mass is 452 g/mol. The molecule has 0 spiro atoms. The zero-order valence-electron chi connectivity index (χ0n) is 15.7. The molecule has 12 heteroatoms. The number of halogens is 4. The molecule has 0 saturated heterocycles. The van der Waals surface area contributed by atoms with Crippen LogP contribution < -0.4 is 5.32 Å². The van der Waals surface area contributed by atoms with E-state index in [0.717, 1.165) is 12.5 Å². The topological polar surface area (TPSA) is 84.3 Å². The lowest BCUT2D eigenvalue weighted by molar-refractivity contribution is -0.143. The number of sulfonamides is 1. The quantitative estimate of drug-likeness (QED) is 0.624. The Morgan fingerprint density at radius 3 is 2.41 bits per heavy atom. The number of hydrogen-bond donors (Lipinski definition) is 1. The second-order valence-electron chi connectivity index (χ2n) is 6.16. The van der Waals surface area contributed by atoms with Gasteiger partial charge in [0.1, 0.15) is 0 Å². The van der Waals surface area contributed by atoms with Crippen molar-refractivity contribution in [3.8, 4) is 5.69 Å². The van der Waals surface area contributed by atoms with Gasteiger partial charge in [-0.05, 0) is 30.7 Å². The third kappa shape index (κ3) is 5.94. The summed E-state index contributed by atoms with van der Waals surface area (Å²) in [5.74, 6) is -0.944. The van der Waals surface area contributed by atoms with Crippen LogP contribution in [0, 0.1) is 0 Å². The van der Waals surface area contributed by atoms with E-state index in [1.54, 1.807) is 6.92 Å². The van der Waals surface area contributed by atoms with Crippen LogP contribution in [0.4, 0.5) is 13.2 Å². The van der Waals surface area contributed by atoms with E-state index in [-0.39, 0.29) is 31.7 Å². The van der Waals surface area contributed by atoms with E-state index in [4.69, 9.17) is 11.6 Å². The van der Waals surface area contributed by atoms with Crippen molar-refractivity contribution in [1.82, 2.24) is 19.4 Å². The van der Waals surface area contributed by atoms with Crippen LogP contribution in [0.3, 0.4) is 0 Å². The van der Waals surface area contributed by atoms with Gasteiger partial charge in [-0.2, -0.15) is 18.3 Å². The van der Waals surface area contributed by atoms with E-state index >= 15 is 0 Å². The minimum atomic E-state index is -4.82. The molecule has 0 bridgehead atoms.